The Bertz CT molecular complexity index is 682. The topological polar surface area (TPSA) is 42.4 Å². The zero-order chi connectivity index (χ0) is 17.9. The van der Waals surface area contributed by atoms with Gasteiger partial charge in [-0.3, -0.25) is 4.98 Å². The van der Waals surface area contributed by atoms with E-state index >= 15 is 0 Å². The van der Waals surface area contributed by atoms with Gasteiger partial charge in [-0.2, -0.15) is 0 Å². The van der Waals surface area contributed by atoms with Crippen LogP contribution in [-0.4, -0.2) is 16.5 Å². The molecular weight excluding hydrogens is 331 g/mol. The predicted molar refractivity (Wildman–Crippen MR) is 86.9 cm³/mol. The molecule has 1 aromatic heterocycles. The fourth-order valence-electron chi connectivity index (χ4n) is 3.66. The van der Waals surface area contributed by atoms with Gasteiger partial charge in [0, 0.05) is 18.0 Å². The average Bonchev–Trinajstić information content (AvgIpc) is 2.62. The van der Waals surface area contributed by atoms with Crippen molar-refractivity contribution >= 4 is 0 Å². The molecule has 0 aliphatic heterocycles. The lowest BCUT2D eigenvalue weighted by molar-refractivity contribution is -0.274. The molecule has 1 fully saturated rings. The number of aliphatic hydroxyl groups is 1. The Morgan fingerprint density at radius 1 is 0.960 bits per heavy atom. The van der Waals surface area contributed by atoms with Gasteiger partial charge in [-0.15, -0.1) is 13.2 Å². The lowest BCUT2D eigenvalue weighted by Crippen LogP contribution is -2.37. The van der Waals surface area contributed by atoms with E-state index < -0.39 is 12.0 Å². The normalized spacial score (nSPS) is 18.6. The van der Waals surface area contributed by atoms with Crippen LogP contribution in [0.2, 0.25) is 0 Å². The van der Waals surface area contributed by atoms with E-state index in [1.807, 2.05) is 6.07 Å². The molecule has 1 saturated carbocycles. The SMILES string of the molecule is OC(c1ccc(OC(F)(F)F)cc1)(c1cccnc1)C1CCCCC1. The third-order valence-corrected chi connectivity index (χ3v) is 4.83. The van der Waals surface area contributed by atoms with Crippen LogP contribution >= 0.6 is 0 Å². The lowest BCUT2D eigenvalue weighted by atomic mass is 9.70. The molecule has 1 atom stereocenters. The molecular formula is C19H20F3NO2. The third-order valence-electron chi connectivity index (χ3n) is 4.83. The fourth-order valence-corrected chi connectivity index (χ4v) is 3.66. The molecule has 1 aliphatic carbocycles. The van der Waals surface area contributed by atoms with Crippen LogP contribution in [0.25, 0.3) is 0 Å². The van der Waals surface area contributed by atoms with E-state index in [1.165, 1.54) is 24.3 Å². The number of rotatable bonds is 4. The summed E-state index contributed by atoms with van der Waals surface area (Å²) in [7, 11) is 0. The highest BCUT2D eigenvalue weighted by Gasteiger charge is 2.41. The largest absolute Gasteiger partial charge is 0.573 e. The molecule has 1 aromatic carbocycles. The molecule has 0 saturated heterocycles. The zero-order valence-corrected chi connectivity index (χ0v) is 13.7. The summed E-state index contributed by atoms with van der Waals surface area (Å²) >= 11 is 0. The molecule has 3 nitrogen and oxygen atoms in total. The second-order valence-corrected chi connectivity index (χ2v) is 6.42. The highest BCUT2D eigenvalue weighted by atomic mass is 19.4. The summed E-state index contributed by atoms with van der Waals surface area (Å²) in [5.74, 6) is -0.298. The Morgan fingerprint density at radius 3 is 2.20 bits per heavy atom. The Labute approximate surface area is 144 Å². The molecule has 25 heavy (non-hydrogen) atoms. The van der Waals surface area contributed by atoms with Crippen LogP contribution in [0.3, 0.4) is 0 Å². The van der Waals surface area contributed by atoms with Crippen molar-refractivity contribution < 1.29 is 23.0 Å². The van der Waals surface area contributed by atoms with Crippen LogP contribution in [0.4, 0.5) is 13.2 Å². The van der Waals surface area contributed by atoms with Gasteiger partial charge >= 0.3 is 6.36 Å². The Hall–Kier alpha value is -2.08. The smallest absolute Gasteiger partial charge is 0.406 e. The minimum absolute atomic E-state index is 0.000153. The van der Waals surface area contributed by atoms with Crippen molar-refractivity contribution in [1.29, 1.82) is 0 Å². The Morgan fingerprint density at radius 2 is 1.64 bits per heavy atom. The van der Waals surface area contributed by atoms with Crippen LogP contribution in [0.5, 0.6) is 5.75 Å². The zero-order valence-electron chi connectivity index (χ0n) is 13.7. The van der Waals surface area contributed by atoms with Gasteiger partial charge < -0.3 is 9.84 Å². The van der Waals surface area contributed by atoms with Crippen molar-refractivity contribution in [2.45, 2.75) is 44.1 Å². The molecule has 1 N–H and O–H groups in total. The Balaban J connectivity index is 1.97. The quantitative estimate of drug-likeness (QED) is 0.861. The van der Waals surface area contributed by atoms with E-state index in [1.54, 1.807) is 18.5 Å². The molecule has 1 heterocycles. The van der Waals surface area contributed by atoms with Crippen molar-refractivity contribution in [3.05, 3.63) is 59.9 Å². The van der Waals surface area contributed by atoms with Gasteiger partial charge in [0.05, 0.1) is 0 Å². The standard InChI is InChI=1S/C19H20F3NO2/c20-19(21,22)25-17-10-8-15(9-11-17)18(24,14-5-2-1-3-6-14)16-7-4-12-23-13-16/h4,7-14,24H,1-3,5-6H2. The first kappa shape index (κ1) is 17.7. The number of benzene rings is 1. The van der Waals surface area contributed by atoms with Gasteiger partial charge in [-0.25, -0.2) is 0 Å². The number of alkyl halides is 3. The number of halogens is 3. The summed E-state index contributed by atoms with van der Waals surface area (Å²) in [6.07, 6.45) is 3.45. The van der Waals surface area contributed by atoms with Crippen LogP contribution in [0.1, 0.15) is 43.2 Å². The molecule has 1 unspecified atom stereocenters. The van der Waals surface area contributed by atoms with Crippen molar-refractivity contribution in [3.8, 4) is 5.75 Å². The third kappa shape index (κ3) is 3.95. The number of ether oxygens (including phenoxy) is 1. The Kier molecular flexibility index (Phi) is 4.99. The summed E-state index contributed by atoms with van der Waals surface area (Å²) in [5.41, 5.74) is -0.0563. The molecule has 1 aliphatic rings. The minimum atomic E-state index is -4.73. The van der Waals surface area contributed by atoms with E-state index in [0.717, 1.165) is 32.1 Å². The molecule has 134 valence electrons. The van der Waals surface area contributed by atoms with Crippen LogP contribution in [-0.2, 0) is 5.60 Å². The number of hydrogen-bond donors (Lipinski definition) is 1. The van der Waals surface area contributed by atoms with Crippen molar-refractivity contribution in [2.75, 3.05) is 0 Å². The van der Waals surface area contributed by atoms with Crippen molar-refractivity contribution in [1.82, 2.24) is 4.98 Å². The molecule has 0 radical (unpaired) electrons. The van der Waals surface area contributed by atoms with Gasteiger partial charge in [-0.05, 0) is 42.5 Å². The van der Waals surface area contributed by atoms with E-state index in [9.17, 15) is 18.3 Å². The fraction of sp³-hybridized carbons (Fsp3) is 0.421. The first-order valence-electron chi connectivity index (χ1n) is 8.39. The number of hydrogen-bond acceptors (Lipinski definition) is 3. The summed E-state index contributed by atoms with van der Waals surface area (Å²) < 4.78 is 41.0. The van der Waals surface area contributed by atoms with E-state index in [-0.39, 0.29) is 11.7 Å². The number of pyridine rings is 1. The molecule has 0 bridgehead atoms. The van der Waals surface area contributed by atoms with E-state index in [4.69, 9.17) is 0 Å². The predicted octanol–water partition coefficient (Wildman–Crippen LogP) is 4.80. The first-order valence-corrected chi connectivity index (χ1v) is 8.39. The van der Waals surface area contributed by atoms with E-state index in [2.05, 4.69) is 9.72 Å². The van der Waals surface area contributed by atoms with Crippen LogP contribution < -0.4 is 4.74 Å². The number of nitrogens with zero attached hydrogens (tertiary/aromatic N) is 1. The first-order chi connectivity index (χ1) is 11.9. The van der Waals surface area contributed by atoms with Crippen molar-refractivity contribution in [2.24, 2.45) is 5.92 Å². The van der Waals surface area contributed by atoms with Crippen LogP contribution in [0.15, 0.2) is 48.8 Å². The number of aromatic nitrogens is 1. The maximum absolute atomic E-state index is 12.4. The maximum atomic E-state index is 12.4. The molecule has 6 heteroatoms. The summed E-state index contributed by atoms with van der Waals surface area (Å²) in [6.45, 7) is 0. The lowest BCUT2D eigenvalue weighted by Gasteiger charge is -2.39. The summed E-state index contributed by atoms with van der Waals surface area (Å²) in [5, 5.41) is 11.6. The van der Waals surface area contributed by atoms with Gasteiger partial charge in [0.2, 0.25) is 0 Å². The maximum Gasteiger partial charge on any atom is 0.573 e. The van der Waals surface area contributed by atoms with Gasteiger partial charge in [0.25, 0.3) is 0 Å². The molecule has 2 aromatic rings. The highest BCUT2D eigenvalue weighted by Crippen LogP contribution is 2.44. The van der Waals surface area contributed by atoms with Gasteiger partial charge in [0.15, 0.2) is 0 Å². The van der Waals surface area contributed by atoms with Crippen molar-refractivity contribution in [3.63, 3.8) is 0 Å². The molecule has 3 rings (SSSR count). The molecule has 0 spiro atoms. The van der Waals surface area contributed by atoms with E-state index in [0.29, 0.717) is 11.1 Å². The molecule has 0 amide bonds. The monoisotopic (exact) mass is 351 g/mol. The van der Waals surface area contributed by atoms with Gasteiger partial charge in [-0.1, -0.05) is 37.5 Å². The van der Waals surface area contributed by atoms with Crippen LogP contribution in [0, 0.1) is 5.92 Å². The second-order valence-electron chi connectivity index (χ2n) is 6.42. The van der Waals surface area contributed by atoms with Gasteiger partial charge in [0.1, 0.15) is 11.4 Å². The second kappa shape index (κ2) is 7.04. The highest BCUT2D eigenvalue weighted by molar-refractivity contribution is 5.39. The average molecular weight is 351 g/mol. The summed E-state index contributed by atoms with van der Waals surface area (Å²) in [4.78, 5) is 4.10. The minimum Gasteiger partial charge on any atom is -0.406 e. The summed E-state index contributed by atoms with van der Waals surface area (Å²) in [6, 6.07) is 9.05.